The van der Waals surface area contributed by atoms with Crippen molar-refractivity contribution in [3.05, 3.63) is 58.6 Å². The largest absolute Gasteiger partial charge is 0.467 e. The van der Waals surface area contributed by atoms with E-state index in [-0.39, 0.29) is 0 Å². The molecule has 1 fully saturated rings. The van der Waals surface area contributed by atoms with Gasteiger partial charge < -0.3 is 13.9 Å². The van der Waals surface area contributed by atoms with E-state index in [1.807, 2.05) is 6.07 Å². The summed E-state index contributed by atoms with van der Waals surface area (Å²) >= 11 is 0. The maximum absolute atomic E-state index is 8.37. The van der Waals surface area contributed by atoms with Crippen LogP contribution in [-0.4, -0.2) is 28.4 Å². The van der Waals surface area contributed by atoms with Crippen LogP contribution in [0.25, 0.3) is 12.2 Å². The molecule has 0 radical (unpaired) electrons. The molecule has 1 aliphatic heterocycles. The number of allylic oxidation sites excluding steroid dienone is 2. The molecular formula is C22H29N3O. The minimum atomic E-state index is 0.585. The number of nitrogens with zero attached hydrogens (tertiary/aromatic N) is 2. The van der Waals surface area contributed by atoms with Crippen molar-refractivity contribution in [3.63, 3.8) is 0 Å². The number of nitrogens with one attached hydrogen (secondary N) is 1. The number of rotatable bonds is 6. The van der Waals surface area contributed by atoms with Crippen molar-refractivity contribution in [1.29, 1.82) is 5.41 Å². The Morgan fingerprint density at radius 1 is 1.31 bits per heavy atom. The quantitative estimate of drug-likeness (QED) is 0.640. The molecule has 1 N–H and O–H groups in total. The van der Waals surface area contributed by atoms with Crippen LogP contribution in [0.15, 0.2) is 41.2 Å². The van der Waals surface area contributed by atoms with E-state index < -0.39 is 0 Å². The van der Waals surface area contributed by atoms with Gasteiger partial charge in [-0.3, -0.25) is 5.41 Å². The second-order valence-corrected chi connectivity index (χ2v) is 6.80. The lowest BCUT2D eigenvalue weighted by Crippen LogP contribution is -2.28. The Morgan fingerprint density at radius 3 is 2.85 bits per heavy atom. The van der Waals surface area contributed by atoms with Gasteiger partial charge >= 0.3 is 0 Å². The molecular weight excluding hydrogens is 322 g/mol. The van der Waals surface area contributed by atoms with Gasteiger partial charge in [0.1, 0.15) is 17.9 Å². The van der Waals surface area contributed by atoms with Crippen molar-refractivity contribution < 1.29 is 4.42 Å². The van der Waals surface area contributed by atoms with Gasteiger partial charge in [-0.2, -0.15) is 0 Å². The molecule has 0 aromatic carbocycles. The average Bonchev–Trinajstić information content (AvgIpc) is 3.40. The molecule has 3 rings (SSSR count). The van der Waals surface area contributed by atoms with Crippen molar-refractivity contribution in [2.45, 2.75) is 46.1 Å². The third kappa shape index (κ3) is 4.18. The van der Waals surface area contributed by atoms with Crippen molar-refractivity contribution in [2.75, 3.05) is 13.1 Å². The molecule has 0 saturated carbocycles. The SMILES string of the molecule is C/C=c1/ccn(Cc2cc(C(=N)N3CCCC3)co2)/c1=C/C=C\CCC. The van der Waals surface area contributed by atoms with E-state index in [2.05, 4.69) is 59.9 Å². The predicted octanol–water partition coefficient (Wildman–Crippen LogP) is 3.49. The first-order valence-electron chi connectivity index (χ1n) is 9.62. The highest BCUT2D eigenvalue weighted by atomic mass is 16.3. The molecule has 3 heterocycles. The number of hydrogen-bond acceptors (Lipinski definition) is 2. The summed E-state index contributed by atoms with van der Waals surface area (Å²) in [6.07, 6.45) is 17.1. The third-order valence-corrected chi connectivity index (χ3v) is 4.87. The molecule has 0 aliphatic carbocycles. The van der Waals surface area contributed by atoms with Gasteiger partial charge in [0.05, 0.1) is 12.1 Å². The fraction of sp³-hybridized carbons (Fsp3) is 0.409. The zero-order valence-electron chi connectivity index (χ0n) is 15.9. The maximum atomic E-state index is 8.37. The smallest absolute Gasteiger partial charge is 0.131 e. The van der Waals surface area contributed by atoms with E-state index >= 15 is 0 Å². The second-order valence-electron chi connectivity index (χ2n) is 6.80. The van der Waals surface area contributed by atoms with Crippen molar-refractivity contribution in [3.8, 4) is 0 Å². The molecule has 0 bridgehead atoms. The van der Waals surface area contributed by atoms with Gasteiger partial charge in [0, 0.05) is 24.6 Å². The van der Waals surface area contributed by atoms with Gasteiger partial charge in [-0.25, -0.2) is 0 Å². The predicted molar refractivity (Wildman–Crippen MR) is 108 cm³/mol. The molecule has 0 unspecified atom stereocenters. The Labute approximate surface area is 155 Å². The van der Waals surface area contributed by atoms with Crippen LogP contribution >= 0.6 is 0 Å². The van der Waals surface area contributed by atoms with E-state index in [1.165, 1.54) is 23.4 Å². The van der Waals surface area contributed by atoms with E-state index in [0.717, 1.165) is 37.3 Å². The van der Waals surface area contributed by atoms with Gasteiger partial charge in [0.2, 0.25) is 0 Å². The zero-order valence-corrected chi connectivity index (χ0v) is 15.9. The van der Waals surface area contributed by atoms with Gasteiger partial charge in [-0.15, -0.1) is 0 Å². The van der Waals surface area contributed by atoms with Crippen molar-refractivity contribution >= 4 is 18.0 Å². The Morgan fingerprint density at radius 2 is 2.12 bits per heavy atom. The summed E-state index contributed by atoms with van der Waals surface area (Å²) < 4.78 is 7.96. The van der Waals surface area contributed by atoms with Crippen molar-refractivity contribution in [2.24, 2.45) is 0 Å². The number of hydrogen-bond donors (Lipinski definition) is 1. The third-order valence-electron chi connectivity index (χ3n) is 4.87. The second kappa shape index (κ2) is 8.75. The molecule has 4 nitrogen and oxygen atoms in total. The minimum Gasteiger partial charge on any atom is -0.467 e. The summed E-state index contributed by atoms with van der Waals surface area (Å²) in [4.78, 5) is 2.13. The Bertz CT molecular complexity index is 879. The highest BCUT2D eigenvalue weighted by Gasteiger charge is 2.18. The Kier molecular flexibility index (Phi) is 6.16. The fourth-order valence-electron chi connectivity index (χ4n) is 3.38. The molecule has 0 spiro atoms. The standard InChI is InChI=1S/C22H29N3O/c1-3-5-6-7-10-21-18(4-2)11-14-25(21)16-20-15-19(17-26-20)22(23)24-12-8-9-13-24/h4,6-7,10-11,14-15,17,23H,3,5,8-9,12-13,16H2,1-2H3/b7-6-,18-4-,21-10+,23-22?. The Hall–Kier alpha value is -2.49. The van der Waals surface area contributed by atoms with Gasteiger partial charge in [0.15, 0.2) is 0 Å². The van der Waals surface area contributed by atoms with Crippen LogP contribution in [0.5, 0.6) is 0 Å². The lowest BCUT2D eigenvalue weighted by Gasteiger charge is -2.16. The summed E-state index contributed by atoms with van der Waals surface area (Å²) in [5.74, 6) is 1.47. The van der Waals surface area contributed by atoms with Gasteiger partial charge in [-0.05, 0) is 49.6 Å². The topological polar surface area (TPSA) is 45.2 Å². The van der Waals surface area contributed by atoms with Crippen LogP contribution in [0, 0.1) is 5.41 Å². The summed E-state index contributed by atoms with van der Waals surface area (Å²) in [6, 6.07) is 4.14. The summed E-state index contributed by atoms with van der Waals surface area (Å²) in [5.41, 5.74) is 0.879. The summed E-state index contributed by atoms with van der Waals surface area (Å²) in [5, 5.41) is 10.8. The number of likely N-dealkylation sites (tertiary alicyclic amines) is 1. The number of furan rings is 1. The van der Waals surface area contributed by atoms with Gasteiger partial charge in [0.25, 0.3) is 0 Å². The molecule has 26 heavy (non-hydrogen) atoms. The Balaban J connectivity index is 1.79. The van der Waals surface area contributed by atoms with Gasteiger partial charge in [-0.1, -0.05) is 31.6 Å². The number of unbranched alkanes of at least 4 members (excludes halogenated alkanes) is 1. The average molecular weight is 351 g/mol. The molecule has 4 heteroatoms. The van der Waals surface area contributed by atoms with E-state index in [9.17, 15) is 0 Å². The molecule has 138 valence electrons. The van der Waals surface area contributed by atoms with E-state index in [4.69, 9.17) is 9.83 Å². The first-order chi connectivity index (χ1) is 12.7. The van der Waals surface area contributed by atoms with Crippen LogP contribution in [0.3, 0.4) is 0 Å². The lowest BCUT2D eigenvalue weighted by molar-refractivity contribution is 0.488. The minimum absolute atomic E-state index is 0.585. The molecule has 0 amide bonds. The van der Waals surface area contributed by atoms with Crippen LogP contribution in [-0.2, 0) is 6.54 Å². The lowest BCUT2D eigenvalue weighted by atomic mass is 10.2. The van der Waals surface area contributed by atoms with Crippen molar-refractivity contribution in [1.82, 2.24) is 9.47 Å². The number of amidine groups is 1. The van der Waals surface area contributed by atoms with Crippen LogP contribution in [0.2, 0.25) is 0 Å². The molecule has 2 aromatic rings. The maximum Gasteiger partial charge on any atom is 0.131 e. The van der Waals surface area contributed by atoms with E-state index in [1.54, 1.807) is 6.26 Å². The van der Waals surface area contributed by atoms with Crippen LogP contribution < -0.4 is 10.6 Å². The number of aromatic nitrogens is 1. The molecule has 1 saturated heterocycles. The highest BCUT2D eigenvalue weighted by molar-refractivity contribution is 5.96. The highest BCUT2D eigenvalue weighted by Crippen LogP contribution is 2.15. The van der Waals surface area contributed by atoms with Crippen LogP contribution in [0.1, 0.15) is 50.9 Å². The first kappa shape index (κ1) is 18.3. The normalized spacial score (nSPS) is 16.3. The van der Waals surface area contributed by atoms with E-state index in [0.29, 0.717) is 12.4 Å². The molecule has 1 aliphatic rings. The summed E-state index contributed by atoms with van der Waals surface area (Å²) in [6.45, 7) is 6.89. The summed E-state index contributed by atoms with van der Waals surface area (Å²) in [7, 11) is 0. The fourth-order valence-corrected chi connectivity index (χ4v) is 3.38. The monoisotopic (exact) mass is 351 g/mol. The molecule has 0 atom stereocenters. The first-order valence-corrected chi connectivity index (χ1v) is 9.62. The zero-order chi connectivity index (χ0) is 18.4. The van der Waals surface area contributed by atoms with Crippen LogP contribution in [0.4, 0.5) is 0 Å². The molecule has 2 aromatic heterocycles.